The van der Waals surface area contributed by atoms with Crippen molar-refractivity contribution >= 4 is 11.9 Å². The Morgan fingerprint density at radius 3 is 2.74 bits per heavy atom. The molecule has 0 aliphatic carbocycles. The minimum Gasteiger partial charge on any atom is -0.480 e. The van der Waals surface area contributed by atoms with Gasteiger partial charge in [0.2, 0.25) is 0 Å². The van der Waals surface area contributed by atoms with E-state index < -0.39 is 23.5 Å². The van der Waals surface area contributed by atoms with Gasteiger partial charge in [0.15, 0.2) is 0 Å². The first-order valence-electron chi connectivity index (χ1n) is 5.81. The molecule has 7 heteroatoms. The molecule has 0 amide bonds. The number of carboxylic acids is 2. The van der Waals surface area contributed by atoms with Crippen LogP contribution in [0.2, 0.25) is 0 Å². The van der Waals surface area contributed by atoms with Crippen LogP contribution in [0.3, 0.4) is 0 Å². The molecule has 19 heavy (non-hydrogen) atoms. The summed E-state index contributed by atoms with van der Waals surface area (Å²) in [7, 11) is 0. The Kier molecular flexibility index (Phi) is 3.50. The van der Waals surface area contributed by atoms with Crippen molar-refractivity contribution in [1.82, 2.24) is 9.88 Å². The number of carboxylic acid groups (broad SMARTS) is 2. The number of aliphatic carboxylic acids is 2. The van der Waals surface area contributed by atoms with Crippen molar-refractivity contribution in [3.8, 4) is 0 Å². The van der Waals surface area contributed by atoms with Crippen molar-refractivity contribution in [1.29, 1.82) is 0 Å². The standard InChI is InChI=1S/C12H15N3O4/c13-12(11(18)19)5-9(10(16)17)15(7-12)6-8-3-1-2-4-14-8/h1-4,9H,5-7,13H2,(H,16,17)(H,18,19)/t9-,12-/m1/s1. The third kappa shape index (κ3) is 2.72. The summed E-state index contributed by atoms with van der Waals surface area (Å²) >= 11 is 0. The molecule has 1 aromatic rings. The average molecular weight is 265 g/mol. The van der Waals surface area contributed by atoms with Crippen molar-refractivity contribution in [3.63, 3.8) is 0 Å². The summed E-state index contributed by atoms with van der Waals surface area (Å²) < 4.78 is 0. The van der Waals surface area contributed by atoms with Gasteiger partial charge in [0.05, 0.1) is 5.69 Å². The molecule has 2 rings (SSSR count). The fourth-order valence-electron chi connectivity index (χ4n) is 2.28. The van der Waals surface area contributed by atoms with Crippen LogP contribution >= 0.6 is 0 Å². The van der Waals surface area contributed by atoms with Crippen LogP contribution in [0, 0.1) is 0 Å². The lowest BCUT2D eigenvalue weighted by atomic mass is 9.98. The molecule has 0 bridgehead atoms. The summed E-state index contributed by atoms with van der Waals surface area (Å²) in [6.07, 6.45) is 1.50. The van der Waals surface area contributed by atoms with Gasteiger partial charge in [-0.25, -0.2) is 0 Å². The first kappa shape index (κ1) is 13.4. The zero-order chi connectivity index (χ0) is 14.0. The topological polar surface area (TPSA) is 117 Å². The SMILES string of the molecule is N[C@]1(C(=O)O)C[C@H](C(=O)O)N(Cc2ccccn2)C1. The summed E-state index contributed by atoms with van der Waals surface area (Å²) in [4.78, 5) is 28.0. The number of likely N-dealkylation sites (tertiary alicyclic amines) is 1. The Hall–Kier alpha value is -1.99. The lowest BCUT2D eigenvalue weighted by Gasteiger charge is -2.21. The lowest BCUT2D eigenvalue weighted by molar-refractivity contribution is -0.142. The number of nitrogens with two attached hydrogens (primary N) is 1. The Bertz CT molecular complexity index is 493. The van der Waals surface area contributed by atoms with Gasteiger partial charge in [0.1, 0.15) is 11.6 Å². The van der Waals surface area contributed by atoms with E-state index in [0.717, 1.165) is 0 Å². The fourth-order valence-corrected chi connectivity index (χ4v) is 2.28. The minimum atomic E-state index is -1.52. The normalized spacial score (nSPS) is 27.3. The van der Waals surface area contributed by atoms with Gasteiger partial charge in [-0.2, -0.15) is 0 Å². The molecule has 0 spiro atoms. The highest BCUT2D eigenvalue weighted by molar-refractivity contribution is 5.83. The van der Waals surface area contributed by atoms with E-state index in [0.29, 0.717) is 5.69 Å². The molecule has 1 aliphatic heterocycles. The van der Waals surface area contributed by atoms with Crippen LogP contribution in [0.5, 0.6) is 0 Å². The predicted molar refractivity (Wildman–Crippen MR) is 65.2 cm³/mol. The highest BCUT2D eigenvalue weighted by Gasteiger charge is 2.49. The molecule has 0 radical (unpaired) electrons. The third-order valence-electron chi connectivity index (χ3n) is 3.29. The van der Waals surface area contributed by atoms with Gasteiger partial charge in [-0.1, -0.05) is 6.07 Å². The van der Waals surface area contributed by atoms with E-state index in [2.05, 4.69) is 4.98 Å². The van der Waals surface area contributed by atoms with Crippen LogP contribution in [0.15, 0.2) is 24.4 Å². The van der Waals surface area contributed by atoms with E-state index in [1.807, 2.05) is 0 Å². The minimum absolute atomic E-state index is 0.00409. The van der Waals surface area contributed by atoms with Gasteiger partial charge in [-0.3, -0.25) is 19.5 Å². The summed E-state index contributed by atoms with van der Waals surface area (Å²) in [6, 6.07) is 4.41. The second kappa shape index (κ2) is 4.94. The van der Waals surface area contributed by atoms with Crippen LogP contribution in [-0.4, -0.2) is 50.2 Å². The molecular weight excluding hydrogens is 250 g/mol. The fraction of sp³-hybridized carbons (Fsp3) is 0.417. The first-order valence-corrected chi connectivity index (χ1v) is 5.81. The Labute approximate surface area is 109 Å². The highest BCUT2D eigenvalue weighted by Crippen LogP contribution is 2.27. The molecule has 1 fully saturated rings. The average Bonchev–Trinajstić information content (AvgIpc) is 2.69. The van der Waals surface area contributed by atoms with Gasteiger partial charge < -0.3 is 15.9 Å². The zero-order valence-electron chi connectivity index (χ0n) is 10.2. The highest BCUT2D eigenvalue weighted by atomic mass is 16.4. The summed E-state index contributed by atoms with van der Waals surface area (Å²) in [5.74, 6) is -2.24. The molecule has 7 nitrogen and oxygen atoms in total. The monoisotopic (exact) mass is 265 g/mol. The molecule has 2 atom stereocenters. The smallest absolute Gasteiger partial charge is 0.325 e. The third-order valence-corrected chi connectivity index (χ3v) is 3.29. The quantitative estimate of drug-likeness (QED) is 0.673. The van der Waals surface area contributed by atoms with Crippen molar-refractivity contribution in [2.75, 3.05) is 6.54 Å². The number of nitrogens with zero attached hydrogens (tertiary/aromatic N) is 2. The van der Waals surface area contributed by atoms with E-state index in [4.69, 9.17) is 15.9 Å². The molecule has 1 saturated heterocycles. The molecule has 2 heterocycles. The largest absolute Gasteiger partial charge is 0.480 e. The van der Waals surface area contributed by atoms with Crippen molar-refractivity contribution in [2.24, 2.45) is 5.73 Å². The van der Waals surface area contributed by atoms with E-state index in [1.54, 1.807) is 29.3 Å². The molecule has 0 aromatic carbocycles. The first-order chi connectivity index (χ1) is 8.92. The van der Waals surface area contributed by atoms with E-state index in [-0.39, 0.29) is 19.5 Å². The number of pyridine rings is 1. The predicted octanol–water partition coefficient (Wildman–Crippen LogP) is -0.477. The van der Waals surface area contributed by atoms with Gasteiger partial charge in [0.25, 0.3) is 0 Å². The Morgan fingerprint density at radius 1 is 1.47 bits per heavy atom. The van der Waals surface area contributed by atoms with Crippen LogP contribution in [0.4, 0.5) is 0 Å². The zero-order valence-corrected chi connectivity index (χ0v) is 10.2. The summed E-state index contributed by atoms with van der Waals surface area (Å²) in [6.45, 7) is 0.264. The maximum atomic E-state index is 11.2. The molecule has 0 unspecified atom stereocenters. The summed E-state index contributed by atoms with van der Waals surface area (Å²) in [5.41, 5.74) is 4.92. The molecule has 102 valence electrons. The van der Waals surface area contributed by atoms with Crippen molar-refractivity contribution in [2.45, 2.75) is 24.5 Å². The van der Waals surface area contributed by atoms with Gasteiger partial charge in [-0.15, -0.1) is 0 Å². The van der Waals surface area contributed by atoms with Crippen molar-refractivity contribution in [3.05, 3.63) is 30.1 Å². The van der Waals surface area contributed by atoms with Gasteiger partial charge >= 0.3 is 11.9 Å². The van der Waals surface area contributed by atoms with Crippen LogP contribution in [0.1, 0.15) is 12.1 Å². The van der Waals surface area contributed by atoms with Gasteiger partial charge in [-0.05, 0) is 12.1 Å². The molecule has 1 aromatic heterocycles. The maximum absolute atomic E-state index is 11.2. The van der Waals surface area contributed by atoms with Crippen LogP contribution in [0.25, 0.3) is 0 Å². The Morgan fingerprint density at radius 2 is 2.21 bits per heavy atom. The molecular formula is C12H15N3O4. The number of hydrogen-bond acceptors (Lipinski definition) is 5. The van der Waals surface area contributed by atoms with Crippen molar-refractivity contribution < 1.29 is 19.8 Å². The molecule has 4 N–H and O–H groups in total. The second-order valence-corrected chi connectivity index (χ2v) is 4.75. The van der Waals surface area contributed by atoms with Gasteiger partial charge in [0, 0.05) is 25.7 Å². The Balaban J connectivity index is 2.18. The summed E-state index contributed by atoms with van der Waals surface area (Å²) in [5, 5.41) is 18.3. The second-order valence-electron chi connectivity index (χ2n) is 4.75. The number of hydrogen-bond donors (Lipinski definition) is 3. The van der Waals surface area contributed by atoms with Crippen LogP contribution < -0.4 is 5.73 Å². The van der Waals surface area contributed by atoms with E-state index >= 15 is 0 Å². The van der Waals surface area contributed by atoms with E-state index in [1.165, 1.54) is 0 Å². The maximum Gasteiger partial charge on any atom is 0.325 e. The van der Waals surface area contributed by atoms with Crippen LogP contribution in [-0.2, 0) is 16.1 Å². The lowest BCUT2D eigenvalue weighted by Crippen LogP contribution is -2.50. The molecule has 0 saturated carbocycles. The molecule has 1 aliphatic rings. The number of rotatable bonds is 4. The van der Waals surface area contributed by atoms with E-state index in [9.17, 15) is 9.59 Å². The number of aromatic nitrogens is 1. The number of carbonyl (C=O) groups is 2.